The van der Waals surface area contributed by atoms with Crippen LogP contribution < -0.4 is 14.4 Å². The first-order chi connectivity index (χ1) is 13.0. The van der Waals surface area contributed by atoms with Crippen LogP contribution in [-0.2, 0) is 6.54 Å². The maximum absolute atomic E-state index is 9.17. The zero-order valence-electron chi connectivity index (χ0n) is 14.9. The summed E-state index contributed by atoms with van der Waals surface area (Å²) in [5.41, 5.74) is 2.63. The quantitative estimate of drug-likeness (QED) is 0.693. The van der Waals surface area contributed by atoms with Crippen molar-refractivity contribution in [2.75, 3.05) is 31.8 Å². The Morgan fingerprint density at radius 3 is 2.74 bits per heavy atom. The first-order valence-corrected chi connectivity index (χ1v) is 9.95. The van der Waals surface area contributed by atoms with E-state index in [2.05, 4.69) is 38.8 Å². The molecule has 0 bridgehead atoms. The van der Waals surface area contributed by atoms with Crippen LogP contribution in [-0.4, -0.2) is 37.9 Å². The summed E-state index contributed by atoms with van der Waals surface area (Å²) in [4.78, 5) is 4.69. The molecule has 7 heteroatoms. The topological polar surface area (TPSA) is 48.7 Å². The van der Waals surface area contributed by atoms with Crippen molar-refractivity contribution in [1.82, 2.24) is 4.90 Å². The molecule has 0 saturated carbocycles. The van der Waals surface area contributed by atoms with E-state index in [9.17, 15) is 0 Å². The van der Waals surface area contributed by atoms with Gasteiger partial charge in [-0.2, -0.15) is 5.26 Å². The predicted octanol–water partition coefficient (Wildman–Crippen LogP) is 4.41. The van der Waals surface area contributed by atoms with Gasteiger partial charge in [-0.3, -0.25) is 0 Å². The average molecular weight is 449 g/mol. The van der Waals surface area contributed by atoms with Crippen molar-refractivity contribution in [1.29, 1.82) is 5.26 Å². The van der Waals surface area contributed by atoms with Gasteiger partial charge in [0.1, 0.15) is 6.07 Å². The molecule has 4 rings (SSSR count). The highest BCUT2D eigenvalue weighted by molar-refractivity contribution is 9.10. The number of likely N-dealkylation sites (tertiary alicyclic amines) is 1. The van der Waals surface area contributed by atoms with E-state index >= 15 is 0 Å². The van der Waals surface area contributed by atoms with Crippen molar-refractivity contribution < 1.29 is 9.47 Å². The lowest BCUT2D eigenvalue weighted by Gasteiger charge is -2.32. The van der Waals surface area contributed by atoms with Crippen LogP contribution in [0.1, 0.15) is 17.5 Å². The number of likely N-dealkylation sites (N-methyl/N-ethyl adjacent to an activating group) is 1. The third kappa shape index (κ3) is 3.73. The fourth-order valence-corrected chi connectivity index (χ4v) is 4.30. The third-order valence-corrected chi connectivity index (χ3v) is 6.15. The van der Waals surface area contributed by atoms with Gasteiger partial charge in [0.15, 0.2) is 11.5 Å². The molecule has 2 aliphatic rings. The van der Waals surface area contributed by atoms with E-state index in [-0.39, 0.29) is 6.79 Å². The summed E-state index contributed by atoms with van der Waals surface area (Å²) in [6.45, 7) is 3.01. The molecular weight excluding hydrogens is 430 g/mol. The molecule has 0 aliphatic carbocycles. The molecule has 1 fully saturated rings. The predicted molar refractivity (Wildman–Crippen MR) is 109 cm³/mol. The highest BCUT2D eigenvalue weighted by atomic mass is 79.9. The van der Waals surface area contributed by atoms with Gasteiger partial charge in [-0.05, 0) is 55.9 Å². The van der Waals surface area contributed by atoms with Crippen LogP contribution in [0, 0.1) is 11.3 Å². The molecule has 140 valence electrons. The lowest BCUT2D eigenvalue weighted by Crippen LogP contribution is -2.36. The number of hydrogen-bond donors (Lipinski definition) is 0. The van der Waals surface area contributed by atoms with Crippen LogP contribution in [0.5, 0.6) is 11.5 Å². The normalized spacial score (nSPS) is 18.5. The molecule has 0 radical (unpaired) electrons. The molecule has 2 aromatic carbocycles. The Morgan fingerprint density at radius 1 is 1.30 bits per heavy atom. The van der Waals surface area contributed by atoms with Crippen molar-refractivity contribution in [2.24, 2.45) is 0 Å². The van der Waals surface area contributed by atoms with Crippen LogP contribution in [0.4, 0.5) is 5.69 Å². The minimum atomic E-state index is 0.258. The van der Waals surface area contributed by atoms with E-state index in [0.717, 1.165) is 46.7 Å². The largest absolute Gasteiger partial charge is 0.454 e. The molecule has 0 unspecified atom stereocenters. The van der Waals surface area contributed by atoms with Crippen molar-refractivity contribution in [2.45, 2.75) is 19.0 Å². The molecule has 0 spiro atoms. The minimum Gasteiger partial charge on any atom is -0.454 e. The third-order valence-electron chi connectivity index (χ3n) is 5.09. The number of rotatable bonds is 4. The number of benzene rings is 2. The van der Waals surface area contributed by atoms with Gasteiger partial charge in [0.2, 0.25) is 6.79 Å². The number of nitriles is 1. The first-order valence-electron chi connectivity index (χ1n) is 8.78. The van der Waals surface area contributed by atoms with Gasteiger partial charge in [0.05, 0.1) is 10.6 Å². The number of hydrogen-bond acceptors (Lipinski definition) is 5. The van der Waals surface area contributed by atoms with Crippen molar-refractivity contribution >= 4 is 33.2 Å². The maximum atomic E-state index is 9.17. The van der Waals surface area contributed by atoms with Gasteiger partial charge in [-0.15, -0.1) is 0 Å². The number of fused-ring (bicyclic) bond motifs is 1. The second kappa shape index (κ2) is 7.59. The van der Waals surface area contributed by atoms with E-state index in [4.69, 9.17) is 26.3 Å². The van der Waals surface area contributed by atoms with Crippen LogP contribution in [0.2, 0.25) is 5.02 Å². The lowest BCUT2D eigenvalue weighted by molar-refractivity contribution is 0.174. The van der Waals surface area contributed by atoms with Gasteiger partial charge >= 0.3 is 0 Å². The molecular formula is C20H19BrClN3O2. The molecule has 0 N–H and O–H groups in total. The zero-order chi connectivity index (χ0) is 19.0. The van der Waals surface area contributed by atoms with Gasteiger partial charge in [-0.1, -0.05) is 27.5 Å². The van der Waals surface area contributed by atoms with E-state index in [1.165, 1.54) is 0 Å². The van der Waals surface area contributed by atoms with Gasteiger partial charge in [0, 0.05) is 29.3 Å². The summed E-state index contributed by atoms with van der Waals surface area (Å²) >= 11 is 9.98. The molecule has 27 heavy (non-hydrogen) atoms. The summed E-state index contributed by atoms with van der Waals surface area (Å²) in [5, 5.41) is 9.65. The fourth-order valence-electron chi connectivity index (χ4n) is 3.63. The number of anilines is 1. The summed E-state index contributed by atoms with van der Waals surface area (Å²) in [7, 11) is 2.14. The van der Waals surface area contributed by atoms with Gasteiger partial charge in [-0.25, -0.2) is 0 Å². The van der Waals surface area contributed by atoms with Crippen LogP contribution in [0.3, 0.4) is 0 Å². The van der Waals surface area contributed by atoms with Crippen molar-refractivity contribution in [3.63, 3.8) is 0 Å². The van der Waals surface area contributed by atoms with Crippen molar-refractivity contribution in [3.05, 3.63) is 51.0 Å². The number of nitrogens with zero attached hydrogens (tertiary/aromatic N) is 3. The first kappa shape index (κ1) is 18.4. The Bertz CT molecular complexity index is 915. The molecule has 0 aromatic heterocycles. The molecule has 1 saturated heterocycles. The monoisotopic (exact) mass is 447 g/mol. The molecule has 5 nitrogen and oxygen atoms in total. The Balaban J connectivity index is 1.69. The average Bonchev–Trinajstić information content (AvgIpc) is 3.28. The van der Waals surface area contributed by atoms with Crippen molar-refractivity contribution in [3.8, 4) is 17.6 Å². The van der Waals surface area contributed by atoms with Gasteiger partial charge < -0.3 is 19.3 Å². The summed E-state index contributed by atoms with van der Waals surface area (Å²) < 4.78 is 12.0. The highest BCUT2D eigenvalue weighted by Gasteiger charge is 2.28. The summed E-state index contributed by atoms with van der Waals surface area (Å²) in [6, 6.07) is 12.1. The second-order valence-corrected chi connectivity index (χ2v) is 8.17. The standard InChI is InChI=1S/C20H19BrClN3O2/c1-24-5-4-16(11-24)25(15-3-2-13(9-23)18(22)7-15)10-14-6-19-20(8-17(14)21)27-12-26-19/h2-3,6-8,16H,4-5,10-12H2,1H3/t16-/m0/s1. The molecule has 2 heterocycles. The Morgan fingerprint density at radius 2 is 2.07 bits per heavy atom. The molecule has 2 aliphatic heterocycles. The van der Waals surface area contributed by atoms with E-state index < -0.39 is 0 Å². The van der Waals surface area contributed by atoms with Gasteiger partial charge in [0.25, 0.3) is 0 Å². The Labute approximate surface area is 172 Å². The van der Waals surface area contributed by atoms with Crippen LogP contribution >= 0.6 is 27.5 Å². The van der Waals surface area contributed by atoms with E-state index in [1.807, 2.05) is 24.3 Å². The summed E-state index contributed by atoms with van der Waals surface area (Å²) in [6.07, 6.45) is 1.08. The molecule has 1 atom stereocenters. The van der Waals surface area contributed by atoms with E-state index in [0.29, 0.717) is 23.2 Å². The minimum absolute atomic E-state index is 0.258. The molecule has 2 aromatic rings. The van der Waals surface area contributed by atoms with Crippen LogP contribution in [0.15, 0.2) is 34.8 Å². The maximum Gasteiger partial charge on any atom is 0.231 e. The second-order valence-electron chi connectivity index (χ2n) is 6.91. The number of halogens is 2. The zero-order valence-corrected chi connectivity index (χ0v) is 17.3. The smallest absolute Gasteiger partial charge is 0.231 e. The highest BCUT2D eigenvalue weighted by Crippen LogP contribution is 2.38. The van der Waals surface area contributed by atoms with Crippen LogP contribution in [0.25, 0.3) is 0 Å². The Kier molecular flexibility index (Phi) is 5.18. The Hall–Kier alpha value is -1.94. The lowest BCUT2D eigenvalue weighted by atomic mass is 10.1. The SMILES string of the molecule is CN1CC[C@H](N(Cc2cc3c(cc2Br)OCO3)c2ccc(C#N)c(Cl)c2)C1. The van der Waals surface area contributed by atoms with E-state index in [1.54, 1.807) is 6.07 Å². The summed E-state index contributed by atoms with van der Waals surface area (Å²) in [5.74, 6) is 1.54. The molecule has 0 amide bonds. The fraction of sp³-hybridized carbons (Fsp3) is 0.350. The number of ether oxygens (including phenoxy) is 2.